The summed E-state index contributed by atoms with van der Waals surface area (Å²) >= 11 is 6.03. The lowest BCUT2D eigenvalue weighted by molar-refractivity contribution is 0.573. The van der Waals surface area contributed by atoms with Crippen LogP contribution < -0.4 is 0 Å². The lowest BCUT2D eigenvalue weighted by Crippen LogP contribution is -1.98. The third kappa shape index (κ3) is 2.61. The maximum Gasteiger partial charge on any atom is 0.131 e. The van der Waals surface area contributed by atoms with Crippen LogP contribution in [0.1, 0.15) is 16.5 Å². The zero-order chi connectivity index (χ0) is 12.4. The quantitative estimate of drug-likeness (QED) is 0.697. The van der Waals surface area contributed by atoms with E-state index in [1.807, 2.05) is 0 Å². The minimum atomic E-state index is -0.841. The van der Waals surface area contributed by atoms with Crippen molar-refractivity contribution in [3.63, 3.8) is 0 Å². The number of hydrogen-bond acceptors (Lipinski definition) is 0. The van der Waals surface area contributed by atoms with Gasteiger partial charge in [0.15, 0.2) is 0 Å². The van der Waals surface area contributed by atoms with Gasteiger partial charge in [-0.15, -0.1) is 11.6 Å². The SMILES string of the molecule is Fc1cccc(C(Cl)c2ccc(F)cc2F)c1. The smallest absolute Gasteiger partial charge is 0.131 e. The molecule has 0 bridgehead atoms. The summed E-state index contributed by atoms with van der Waals surface area (Å²) in [6.07, 6.45) is 0. The largest absolute Gasteiger partial charge is 0.207 e. The van der Waals surface area contributed by atoms with E-state index in [0.717, 1.165) is 12.1 Å². The summed E-state index contributed by atoms with van der Waals surface area (Å²) in [7, 11) is 0. The van der Waals surface area contributed by atoms with Crippen LogP contribution in [0.3, 0.4) is 0 Å². The molecular weight excluding hydrogens is 249 g/mol. The molecular formula is C13H8ClF3. The van der Waals surface area contributed by atoms with Gasteiger partial charge >= 0.3 is 0 Å². The third-order valence-electron chi connectivity index (χ3n) is 2.38. The Morgan fingerprint density at radius 1 is 0.882 bits per heavy atom. The molecule has 88 valence electrons. The Balaban J connectivity index is 2.40. The van der Waals surface area contributed by atoms with Crippen molar-refractivity contribution in [3.8, 4) is 0 Å². The van der Waals surface area contributed by atoms with Gasteiger partial charge in [-0.3, -0.25) is 0 Å². The fourth-order valence-corrected chi connectivity index (χ4v) is 1.86. The van der Waals surface area contributed by atoms with E-state index in [1.54, 1.807) is 6.07 Å². The molecule has 0 aromatic heterocycles. The summed E-state index contributed by atoms with van der Waals surface area (Å²) in [6.45, 7) is 0. The van der Waals surface area contributed by atoms with Crippen LogP contribution in [-0.4, -0.2) is 0 Å². The Hall–Kier alpha value is -1.48. The summed E-state index contributed by atoms with van der Waals surface area (Å²) in [5, 5.41) is -0.841. The van der Waals surface area contributed by atoms with Crippen LogP contribution >= 0.6 is 11.6 Å². The van der Waals surface area contributed by atoms with Gasteiger partial charge in [0, 0.05) is 11.6 Å². The van der Waals surface area contributed by atoms with Crippen molar-refractivity contribution in [2.45, 2.75) is 5.38 Å². The van der Waals surface area contributed by atoms with Crippen LogP contribution in [0.2, 0.25) is 0 Å². The second-order valence-corrected chi connectivity index (χ2v) is 4.02. The van der Waals surface area contributed by atoms with E-state index in [4.69, 9.17) is 11.6 Å². The second-order valence-electron chi connectivity index (χ2n) is 3.58. The molecule has 2 rings (SSSR count). The van der Waals surface area contributed by atoms with Gasteiger partial charge in [0.05, 0.1) is 5.38 Å². The molecule has 0 saturated heterocycles. The van der Waals surface area contributed by atoms with Gasteiger partial charge in [0.1, 0.15) is 17.5 Å². The highest BCUT2D eigenvalue weighted by Crippen LogP contribution is 2.30. The second kappa shape index (κ2) is 4.80. The van der Waals surface area contributed by atoms with Crippen molar-refractivity contribution in [3.05, 3.63) is 71.0 Å². The molecule has 1 atom stereocenters. The molecule has 0 saturated carbocycles. The van der Waals surface area contributed by atoms with Crippen LogP contribution in [0.5, 0.6) is 0 Å². The molecule has 0 amide bonds. The van der Waals surface area contributed by atoms with Crippen molar-refractivity contribution < 1.29 is 13.2 Å². The van der Waals surface area contributed by atoms with Crippen LogP contribution in [0, 0.1) is 17.5 Å². The van der Waals surface area contributed by atoms with Crippen molar-refractivity contribution in [1.29, 1.82) is 0 Å². The van der Waals surface area contributed by atoms with E-state index in [-0.39, 0.29) is 5.56 Å². The summed E-state index contributed by atoms with van der Waals surface area (Å²) in [5.74, 6) is -1.86. The highest BCUT2D eigenvalue weighted by molar-refractivity contribution is 6.22. The predicted octanol–water partition coefficient (Wildman–Crippen LogP) is 4.43. The third-order valence-corrected chi connectivity index (χ3v) is 2.86. The molecule has 1 unspecified atom stereocenters. The Morgan fingerprint density at radius 3 is 2.24 bits per heavy atom. The maximum absolute atomic E-state index is 13.5. The Labute approximate surface area is 102 Å². The van der Waals surface area contributed by atoms with Gasteiger partial charge in [0.25, 0.3) is 0 Å². The van der Waals surface area contributed by atoms with Gasteiger partial charge in [0.2, 0.25) is 0 Å². The Kier molecular flexibility index (Phi) is 3.38. The number of rotatable bonds is 2. The molecule has 4 heteroatoms. The summed E-state index contributed by atoms with van der Waals surface area (Å²) < 4.78 is 39.2. The first-order valence-corrected chi connectivity index (χ1v) is 5.36. The van der Waals surface area contributed by atoms with E-state index >= 15 is 0 Å². The average Bonchev–Trinajstić information content (AvgIpc) is 2.28. The summed E-state index contributed by atoms with van der Waals surface area (Å²) in [6, 6.07) is 8.70. The molecule has 0 nitrogen and oxygen atoms in total. The average molecular weight is 257 g/mol. The molecule has 0 aliphatic carbocycles. The molecule has 0 fully saturated rings. The van der Waals surface area contributed by atoms with Crippen LogP contribution in [0.15, 0.2) is 42.5 Å². The monoisotopic (exact) mass is 256 g/mol. The topological polar surface area (TPSA) is 0 Å². The molecule has 2 aromatic carbocycles. The van der Waals surface area contributed by atoms with Gasteiger partial charge in [-0.25, -0.2) is 13.2 Å². The number of alkyl halides is 1. The first-order valence-electron chi connectivity index (χ1n) is 4.92. The molecule has 0 aliphatic heterocycles. The minimum Gasteiger partial charge on any atom is -0.207 e. The number of hydrogen-bond donors (Lipinski definition) is 0. The lowest BCUT2D eigenvalue weighted by atomic mass is 10.0. The van der Waals surface area contributed by atoms with Crippen LogP contribution in [-0.2, 0) is 0 Å². The molecule has 0 heterocycles. The zero-order valence-corrected chi connectivity index (χ0v) is 9.39. The molecule has 0 radical (unpaired) electrons. The fourth-order valence-electron chi connectivity index (χ4n) is 1.55. The van der Waals surface area contributed by atoms with Gasteiger partial charge in [-0.2, -0.15) is 0 Å². The molecule has 2 aromatic rings. The predicted molar refractivity (Wildman–Crippen MR) is 60.5 cm³/mol. The van der Waals surface area contributed by atoms with Crippen molar-refractivity contribution in [2.24, 2.45) is 0 Å². The first kappa shape index (κ1) is 12.0. The Morgan fingerprint density at radius 2 is 1.59 bits per heavy atom. The van der Waals surface area contributed by atoms with Crippen LogP contribution in [0.4, 0.5) is 13.2 Å². The minimum absolute atomic E-state index is 0.124. The van der Waals surface area contributed by atoms with Gasteiger partial charge in [-0.05, 0) is 23.8 Å². The highest BCUT2D eigenvalue weighted by Gasteiger charge is 2.16. The standard InChI is InChI=1S/C13H8ClF3/c14-13(8-2-1-3-9(15)6-8)11-5-4-10(16)7-12(11)17/h1-7,13H. The number of benzene rings is 2. The van der Waals surface area contributed by atoms with E-state index in [0.29, 0.717) is 5.56 Å². The molecule has 0 spiro atoms. The van der Waals surface area contributed by atoms with E-state index in [1.165, 1.54) is 24.3 Å². The Bertz CT molecular complexity index is 540. The van der Waals surface area contributed by atoms with Gasteiger partial charge in [-0.1, -0.05) is 18.2 Å². The van der Waals surface area contributed by atoms with E-state index in [9.17, 15) is 13.2 Å². The summed E-state index contributed by atoms with van der Waals surface area (Å²) in [4.78, 5) is 0. The molecule has 0 aliphatic rings. The highest BCUT2D eigenvalue weighted by atomic mass is 35.5. The van der Waals surface area contributed by atoms with Gasteiger partial charge < -0.3 is 0 Å². The van der Waals surface area contributed by atoms with E-state index in [2.05, 4.69) is 0 Å². The van der Waals surface area contributed by atoms with Crippen molar-refractivity contribution in [1.82, 2.24) is 0 Å². The molecule has 17 heavy (non-hydrogen) atoms. The summed E-state index contributed by atoms with van der Waals surface area (Å²) in [5.41, 5.74) is 0.552. The number of halogens is 4. The lowest BCUT2D eigenvalue weighted by Gasteiger charge is -2.11. The van der Waals surface area contributed by atoms with Crippen LogP contribution in [0.25, 0.3) is 0 Å². The van der Waals surface area contributed by atoms with Crippen molar-refractivity contribution >= 4 is 11.6 Å². The molecule has 0 N–H and O–H groups in total. The normalized spacial score (nSPS) is 12.5. The fraction of sp³-hybridized carbons (Fsp3) is 0.0769. The van der Waals surface area contributed by atoms with Crippen molar-refractivity contribution in [2.75, 3.05) is 0 Å². The maximum atomic E-state index is 13.5. The zero-order valence-electron chi connectivity index (χ0n) is 8.63. The van der Waals surface area contributed by atoms with E-state index < -0.39 is 22.8 Å². The first-order chi connectivity index (χ1) is 8.08.